The molecule has 0 spiro atoms. The second-order valence-corrected chi connectivity index (χ2v) is 7.17. The lowest BCUT2D eigenvalue weighted by atomic mass is 10.1. The number of nitrogens with zero attached hydrogens (tertiary/aromatic N) is 1. The lowest BCUT2D eigenvalue weighted by Gasteiger charge is -2.09. The highest BCUT2D eigenvalue weighted by molar-refractivity contribution is 7.22. The second kappa shape index (κ2) is 7.13. The van der Waals surface area contributed by atoms with Crippen LogP contribution in [0.3, 0.4) is 0 Å². The van der Waals surface area contributed by atoms with Crippen molar-refractivity contribution in [1.29, 1.82) is 0 Å². The van der Waals surface area contributed by atoms with Crippen LogP contribution in [0.4, 0.5) is 22.0 Å². The average Bonchev–Trinajstić information content (AvgIpc) is 3.30. The lowest BCUT2D eigenvalue weighted by Crippen LogP contribution is -2.11. The van der Waals surface area contributed by atoms with Crippen LogP contribution in [0, 0.1) is 6.92 Å². The first-order chi connectivity index (χ1) is 13.1. The van der Waals surface area contributed by atoms with Crippen molar-refractivity contribution >= 4 is 44.7 Å². The first kappa shape index (κ1) is 17.1. The summed E-state index contributed by atoms with van der Waals surface area (Å²) in [6, 6.07) is 18.0. The van der Waals surface area contributed by atoms with Crippen molar-refractivity contribution < 1.29 is 9.53 Å². The number of hydrogen-bond donors (Lipinski definition) is 3. The fourth-order valence-electron chi connectivity index (χ4n) is 2.82. The molecule has 136 valence electrons. The first-order valence-electron chi connectivity index (χ1n) is 8.39. The number of fused-ring (bicyclic) bond motifs is 1. The van der Waals surface area contributed by atoms with Crippen LogP contribution < -0.4 is 10.6 Å². The molecular formula is C20H18N4O2S. The molecule has 0 aliphatic rings. The Bertz CT molecular complexity index is 1080. The molecule has 0 saturated heterocycles. The number of carbonyl (C=O) groups excluding carboxylic acids is 1. The number of hydrogen-bond acceptors (Lipinski definition) is 5. The van der Waals surface area contributed by atoms with Gasteiger partial charge in [-0.05, 0) is 48.2 Å². The van der Waals surface area contributed by atoms with Gasteiger partial charge in [0.25, 0.3) is 0 Å². The highest BCUT2D eigenvalue weighted by Crippen LogP contribution is 2.33. The maximum absolute atomic E-state index is 11.3. The molecule has 2 heterocycles. The Balaban J connectivity index is 1.53. The van der Waals surface area contributed by atoms with Crippen molar-refractivity contribution in [3.8, 4) is 10.6 Å². The zero-order valence-corrected chi connectivity index (χ0v) is 15.7. The molecule has 0 fully saturated rings. The van der Waals surface area contributed by atoms with E-state index in [0.29, 0.717) is 5.69 Å². The maximum atomic E-state index is 11.3. The maximum Gasteiger partial charge on any atom is 0.411 e. The normalized spacial score (nSPS) is 10.7. The van der Waals surface area contributed by atoms with Crippen molar-refractivity contribution in [2.75, 3.05) is 17.7 Å². The van der Waals surface area contributed by atoms with Gasteiger partial charge in [0.15, 0.2) is 5.82 Å². The van der Waals surface area contributed by atoms with Crippen molar-refractivity contribution in [2.45, 2.75) is 6.92 Å². The molecule has 7 heteroatoms. The number of methoxy groups -OCH3 is 1. The largest absolute Gasteiger partial charge is 0.453 e. The molecule has 0 radical (unpaired) electrons. The van der Waals surface area contributed by atoms with E-state index in [1.165, 1.54) is 17.2 Å². The summed E-state index contributed by atoms with van der Waals surface area (Å²) < 4.78 is 5.86. The standard InChI is InChI=1S/C20H18N4O2S/c1-12-9-14(21-20(25)26-2)7-8-15(12)22-19-11-16(23-24-19)18-10-13-5-3-4-6-17(13)27-18/h3-11H,1-2H3,(H,21,25)(H2,22,23,24). The Labute approximate surface area is 160 Å². The third-order valence-corrected chi connectivity index (χ3v) is 5.34. The number of anilines is 3. The van der Waals surface area contributed by atoms with Gasteiger partial charge in [0, 0.05) is 22.1 Å². The van der Waals surface area contributed by atoms with E-state index in [1.54, 1.807) is 11.3 Å². The highest BCUT2D eigenvalue weighted by Gasteiger charge is 2.09. The Morgan fingerprint density at radius 3 is 2.78 bits per heavy atom. The highest BCUT2D eigenvalue weighted by atomic mass is 32.1. The summed E-state index contributed by atoms with van der Waals surface area (Å²) in [6.07, 6.45) is -0.490. The molecule has 1 amide bonds. The summed E-state index contributed by atoms with van der Waals surface area (Å²) >= 11 is 1.73. The molecule has 3 N–H and O–H groups in total. The lowest BCUT2D eigenvalue weighted by molar-refractivity contribution is 0.187. The van der Waals surface area contributed by atoms with Gasteiger partial charge >= 0.3 is 6.09 Å². The van der Waals surface area contributed by atoms with Gasteiger partial charge in [-0.3, -0.25) is 10.4 Å². The number of nitrogens with one attached hydrogen (secondary N) is 3. The van der Waals surface area contributed by atoms with Crippen LogP contribution in [0.5, 0.6) is 0 Å². The number of amides is 1. The Morgan fingerprint density at radius 1 is 1.15 bits per heavy atom. The number of rotatable bonds is 4. The number of aromatic nitrogens is 2. The van der Waals surface area contributed by atoms with Crippen LogP contribution >= 0.6 is 11.3 Å². The predicted octanol–water partition coefficient (Wildman–Crippen LogP) is 5.52. The molecule has 0 unspecified atom stereocenters. The van der Waals surface area contributed by atoms with Crippen LogP contribution in [0.15, 0.2) is 54.6 Å². The Morgan fingerprint density at radius 2 is 2.00 bits per heavy atom. The molecule has 0 aliphatic heterocycles. The predicted molar refractivity (Wildman–Crippen MR) is 110 cm³/mol. The summed E-state index contributed by atoms with van der Waals surface area (Å²) in [7, 11) is 1.34. The molecular weight excluding hydrogens is 360 g/mol. The van der Waals surface area contributed by atoms with E-state index in [2.05, 4.69) is 43.8 Å². The quantitative estimate of drug-likeness (QED) is 0.437. The minimum absolute atomic E-state index is 0.490. The van der Waals surface area contributed by atoms with Crippen molar-refractivity contribution in [3.63, 3.8) is 0 Å². The number of aromatic amines is 1. The third-order valence-electron chi connectivity index (χ3n) is 4.19. The van der Waals surface area contributed by atoms with Gasteiger partial charge in [-0.25, -0.2) is 4.79 Å². The molecule has 0 atom stereocenters. The fourth-order valence-corrected chi connectivity index (χ4v) is 3.84. The molecule has 4 rings (SSSR count). The van der Waals surface area contributed by atoms with E-state index in [-0.39, 0.29) is 0 Å². The van der Waals surface area contributed by atoms with Gasteiger partial charge in [0.05, 0.1) is 17.7 Å². The van der Waals surface area contributed by atoms with E-state index in [4.69, 9.17) is 0 Å². The zero-order chi connectivity index (χ0) is 18.8. The molecule has 4 aromatic rings. The van der Waals surface area contributed by atoms with E-state index in [9.17, 15) is 4.79 Å². The summed E-state index contributed by atoms with van der Waals surface area (Å²) in [5, 5.41) is 14.6. The van der Waals surface area contributed by atoms with Gasteiger partial charge in [0.2, 0.25) is 0 Å². The van der Waals surface area contributed by atoms with Gasteiger partial charge in [-0.2, -0.15) is 5.10 Å². The topological polar surface area (TPSA) is 79.0 Å². The van der Waals surface area contributed by atoms with E-state index < -0.39 is 6.09 Å². The van der Waals surface area contributed by atoms with E-state index in [1.807, 2.05) is 43.3 Å². The van der Waals surface area contributed by atoms with Crippen LogP contribution in [-0.4, -0.2) is 23.4 Å². The van der Waals surface area contributed by atoms with Crippen LogP contribution in [-0.2, 0) is 4.74 Å². The number of ether oxygens (including phenoxy) is 1. The smallest absolute Gasteiger partial charge is 0.411 e. The third kappa shape index (κ3) is 3.63. The van der Waals surface area contributed by atoms with Gasteiger partial charge in [-0.1, -0.05) is 18.2 Å². The summed E-state index contributed by atoms with van der Waals surface area (Å²) in [6.45, 7) is 1.96. The monoisotopic (exact) mass is 378 g/mol. The summed E-state index contributed by atoms with van der Waals surface area (Å²) in [5.74, 6) is 0.735. The Kier molecular flexibility index (Phi) is 4.52. The van der Waals surface area contributed by atoms with Crippen molar-refractivity contribution in [1.82, 2.24) is 10.2 Å². The van der Waals surface area contributed by atoms with Crippen LogP contribution in [0.25, 0.3) is 20.7 Å². The number of thiophene rings is 1. The van der Waals surface area contributed by atoms with Gasteiger partial charge in [-0.15, -0.1) is 11.3 Å². The number of benzene rings is 2. The van der Waals surface area contributed by atoms with Gasteiger partial charge in [0.1, 0.15) is 0 Å². The molecule has 0 aliphatic carbocycles. The van der Waals surface area contributed by atoms with Gasteiger partial charge < -0.3 is 10.1 Å². The fraction of sp³-hybridized carbons (Fsp3) is 0.100. The number of aryl methyl sites for hydroxylation is 1. The summed E-state index contributed by atoms with van der Waals surface area (Å²) in [4.78, 5) is 12.5. The molecule has 2 aromatic carbocycles. The van der Waals surface area contributed by atoms with Crippen molar-refractivity contribution in [3.05, 3.63) is 60.2 Å². The second-order valence-electron chi connectivity index (χ2n) is 6.09. The molecule has 0 saturated carbocycles. The summed E-state index contributed by atoms with van der Waals surface area (Å²) in [5.41, 5.74) is 3.55. The SMILES string of the molecule is COC(=O)Nc1ccc(Nc2cc(-c3cc4ccccc4s3)[nH]n2)c(C)c1. The first-order valence-corrected chi connectivity index (χ1v) is 9.21. The minimum Gasteiger partial charge on any atom is -0.453 e. The average molecular weight is 378 g/mol. The molecule has 6 nitrogen and oxygen atoms in total. The van der Waals surface area contributed by atoms with Crippen molar-refractivity contribution in [2.24, 2.45) is 0 Å². The molecule has 27 heavy (non-hydrogen) atoms. The number of H-pyrrole nitrogens is 1. The molecule has 2 aromatic heterocycles. The molecule has 0 bridgehead atoms. The van der Waals surface area contributed by atoms with Crippen LogP contribution in [0.2, 0.25) is 0 Å². The Hall–Kier alpha value is -3.32. The number of carbonyl (C=O) groups is 1. The van der Waals surface area contributed by atoms with Crippen LogP contribution in [0.1, 0.15) is 5.56 Å². The van der Waals surface area contributed by atoms with E-state index in [0.717, 1.165) is 27.6 Å². The minimum atomic E-state index is -0.490. The van der Waals surface area contributed by atoms with E-state index >= 15 is 0 Å². The zero-order valence-electron chi connectivity index (χ0n) is 14.9.